The molecule has 0 amide bonds. The largest absolute Gasteiger partial charge is 0.482 e. The van der Waals surface area contributed by atoms with Crippen molar-refractivity contribution in [3.63, 3.8) is 0 Å². The van der Waals surface area contributed by atoms with Crippen molar-refractivity contribution in [3.8, 4) is 5.75 Å². The summed E-state index contributed by atoms with van der Waals surface area (Å²) in [6, 6.07) is 6.61. The van der Waals surface area contributed by atoms with Gasteiger partial charge in [0.25, 0.3) is 0 Å². The van der Waals surface area contributed by atoms with E-state index < -0.39 is 29.8 Å². The lowest BCUT2D eigenvalue weighted by Crippen LogP contribution is -2.14. The van der Waals surface area contributed by atoms with E-state index in [1.807, 2.05) is 0 Å². The number of Topliss-reactive ketones (excluding diaryl/α,β-unsaturated/α-hetero) is 1. The Morgan fingerprint density at radius 1 is 1.15 bits per heavy atom. The fraction of sp³-hybridized carbons (Fsp3) is 0.0714. The van der Waals surface area contributed by atoms with E-state index >= 15 is 0 Å². The third kappa shape index (κ3) is 3.11. The fourth-order valence-electron chi connectivity index (χ4n) is 1.53. The number of hydrogen-bond donors (Lipinski definition) is 0. The van der Waals surface area contributed by atoms with Crippen molar-refractivity contribution in [2.75, 3.05) is 6.61 Å². The standard InChI is InChI=1S/C14H8ClF3O2/c15-10-2-1-3-13(14(10)18)20-7-12(19)9-5-4-8(16)6-11(9)17/h1-6H,7H2. The van der Waals surface area contributed by atoms with E-state index in [-0.39, 0.29) is 16.3 Å². The number of benzene rings is 2. The van der Waals surface area contributed by atoms with E-state index in [1.54, 1.807) is 0 Å². The average molecular weight is 301 g/mol. The van der Waals surface area contributed by atoms with E-state index in [1.165, 1.54) is 18.2 Å². The zero-order valence-corrected chi connectivity index (χ0v) is 10.8. The highest BCUT2D eigenvalue weighted by Crippen LogP contribution is 2.24. The van der Waals surface area contributed by atoms with Crippen molar-refractivity contribution in [2.45, 2.75) is 0 Å². The molecule has 104 valence electrons. The van der Waals surface area contributed by atoms with E-state index in [2.05, 4.69) is 0 Å². The maximum absolute atomic E-state index is 13.5. The van der Waals surface area contributed by atoms with Crippen LogP contribution in [0.4, 0.5) is 13.2 Å². The summed E-state index contributed by atoms with van der Waals surface area (Å²) < 4.78 is 44.5. The van der Waals surface area contributed by atoms with Crippen LogP contribution in [0.25, 0.3) is 0 Å². The third-order valence-electron chi connectivity index (χ3n) is 2.51. The molecule has 6 heteroatoms. The van der Waals surface area contributed by atoms with Gasteiger partial charge in [-0.2, -0.15) is 0 Å². The van der Waals surface area contributed by atoms with Crippen molar-refractivity contribution in [3.05, 3.63) is 64.4 Å². The van der Waals surface area contributed by atoms with E-state index in [0.717, 1.165) is 12.1 Å². The van der Waals surface area contributed by atoms with Crippen LogP contribution in [0.15, 0.2) is 36.4 Å². The molecule has 0 spiro atoms. The summed E-state index contributed by atoms with van der Waals surface area (Å²) in [6.45, 7) is -0.584. The molecule has 0 saturated heterocycles. The van der Waals surface area contributed by atoms with Gasteiger partial charge >= 0.3 is 0 Å². The molecule has 0 bridgehead atoms. The maximum atomic E-state index is 13.5. The summed E-state index contributed by atoms with van der Waals surface area (Å²) in [5.74, 6) is -3.54. The normalized spacial score (nSPS) is 10.4. The highest BCUT2D eigenvalue weighted by Gasteiger charge is 2.15. The molecule has 2 aromatic rings. The Hall–Kier alpha value is -2.01. The summed E-state index contributed by atoms with van der Waals surface area (Å²) in [5, 5.41) is -0.150. The van der Waals surface area contributed by atoms with Crippen molar-refractivity contribution in [1.29, 1.82) is 0 Å². The lowest BCUT2D eigenvalue weighted by atomic mass is 10.1. The predicted octanol–water partition coefficient (Wildman–Crippen LogP) is 4.02. The number of ketones is 1. The monoisotopic (exact) mass is 300 g/mol. The van der Waals surface area contributed by atoms with Gasteiger partial charge in [0.15, 0.2) is 18.2 Å². The zero-order chi connectivity index (χ0) is 14.7. The smallest absolute Gasteiger partial charge is 0.203 e. The second-order valence-electron chi connectivity index (χ2n) is 3.89. The summed E-state index contributed by atoms with van der Waals surface area (Å²) >= 11 is 5.55. The average Bonchev–Trinajstić information content (AvgIpc) is 2.40. The van der Waals surface area contributed by atoms with Crippen LogP contribution in [0.2, 0.25) is 5.02 Å². The van der Waals surface area contributed by atoms with Crippen LogP contribution in [0.3, 0.4) is 0 Å². The van der Waals surface area contributed by atoms with Crippen molar-refractivity contribution in [2.24, 2.45) is 0 Å². The Morgan fingerprint density at radius 2 is 1.90 bits per heavy atom. The molecule has 0 saturated carbocycles. The number of ether oxygens (including phenoxy) is 1. The highest BCUT2D eigenvalue weighted by atomic mass is 35.5. The first-order valence-electron chi connectivity index (χ1n) is 5.54. The van der Waals surface area contributed by atoms with Gasteiger partial charge in [-0.1, -0.05) is 17.7 Å². The predicted molar refractivity (Wildman–Crippen MR) is 67.6 cm³/mol. The zero-order valence-electron chi connectivity index (χ0n) is 10.00. The lowest BCUT2D eigenvalue weighted by Gasteiger charge is -2.07. The number of rotatable bonds is 4. The van der Waals surface area contributed by atoms with E-state index in [9.17, 15) is 18.0 Å². The SMILES string of the molecule is O=C(COc1cccc(Cl)c1F)c1ccc(F)cc1F. The second-order valence-corrected chi connectivity index (χ2v) is 4.30. The Kier molecular flexibility index (Phi) is 4.29. The molecule has 0 aliphatic rings. The fourth-order valence-corrected chi connectivity index (χ4v) is 1.70. The van der Waals surface area contributed by atoms with Crippen LogP contribution >= 0.6 is 11.6 Å². The summed E-state index contributed by atoms with van der Waals surface area (Å²) in [4.78, 5) is 11.7. The molecule has 0 radical (unpaired) electrons. The van der Waals surface area contributed by atoms with Crippen molar-refractivity contribution < 1.29 is 22.7 Å². The van der Waals surface area contributed by atoms with Gasteiger partial charge in [0.1, 0.15) is 11.6 Å². The van der Waals surface area contributed by atoms with Gasteiger partial charge in [-0.25, -0.2) is 13.2 Å². The molecule has 0 atom stereocenters. The number of carbonyl (C=O) groups excluding carboxylic acids is 1. The second kappa shape index (κ2) is 5.96. The Morgan fingerprint density at radius 3 is 2.60 bits per heavy atom. The summed E-state index contributed by atoms with van der Waals surface area (Å²) in [7, 11) is 0. The number of carbonyl (C=O) groups is 1. The summed E-state index contributed by atoms with van der Waals surface area (Å²) in [6.07, 6.45) is 0. The van der Waals surface area contributed by atoms with Crippen molar-refractivity contribution in [1.82, 2.24) is 0 Å². The van der Waals surface area contributed by atoms with Crippen LogP contribution in [0, 0.1) is 17.5 Å². The van der Waals surface area contributed by atoms with Crippen LogP contribution in [0.5, 0.6) is 5.75 Å². The van der Waals surface area contributed by atoms with E-state index in [0.29, 0.717) is 6.07 Å². The molecule has 2 rings (SSSR count). The third-order valence-corrected chi connectivity index (χ3v) is 2.80. The number of hydrogen-bond acceptors (Lipinski definition) is 2. The maximum Gasteiger partial charge on any atom is 0.203 e. The molecule has 0 heterocycles. The van der Waals surface area contributed by atoms with Gasteiger partial charge in [0, 0.05) is 6.07 Å². The Balaban J connectivity index is 2.11. The minimum atomic E-state index is -0.995. The molecule has 0 aliphatic carbocycles. The van der Waals surface area contributed by atoms with Crippen LogP contribution < -0.4 is 4.74 Å². The van der Waals surface area contributed by atoms with Gasteiger partial charge in [0.05, 0.1) is 10.6 Å². The summed E-state index contributed by atoms with van der Waals surface area (Å²) in [5.41, 5.74) is -0.325. The van der Waals surface area contributed by atoms with Gasteiger partial charge in [-0.3, -0.25) is 4.79 Å². The van der Waals surface area contributed by atoms with Gasteiger partial charge in [-0.05, 0) is 24.3 Å². The number of halogens is 4. The molecule has 2 nitrogen and oxygen atoms in total. The highest BCUT2D eigenvalue weighted by molar-refractivity contribution is 6.30. The van der Waals surface area contributed by atoms with Gasteiger partial charge in [0.2, 0.25) is 5.78 Å². The molecule has 0 aliphatic heterocycles. The van der Waals surface area contributed by atoms with E-state index in [4.69, 9.17) is 16.3 Å². The van der Waals surface area contributed by atoms with Crippen LogP contribution in [-0.4, -0.2) is 12.4 Å². The van der Waals surface area contributed by atoms with Gasteiger partial charge < -0.3 is 4.74 Å². The first-order valence-corrected chi connectivity index (χ1v) is 5.92. The van der Waals surface area contributed by atoms with Crippen LogP contribution in [0.1, 0.15) is 10.4 Å². The molecule has 0 aromatic heterocycles. The Labute approximate surface area is 117 Å². The minimum Gasteiger partial charge on any atom is -0.482 e. The minimum absolute atomic E-state index is 0.150. The topological polar surface area (TPSA) is 26.3 Å². The van der Waals surface area contributed by atoms with Crippen molar-refractivity contribution >= 4 is 17.4 Å². The molecule has 2 aromatic carbocycles. The first-order chi connectivity index (χ1) is 9.49. The molecular weight excluding hydrogens is 293 g/mol. The van der Waals surface area contributed by atoms with Crippen LogP contribution in [-0.2, 0) is 0 Å². The molecule has 0 fully saturated rings. The molecule has 0 unspecified atom stereocenters. The molecule has 20 heavy (non-hydrogen) atoms. The quantitative estimate of drug-likeness (QED) is 0.797. The first kappa shape index (κ1) is 14.4. The lowest BCUT2D eigenvalue weighted by molar-refractivity contribution is 0.0914. The Bertz CT molecular complexity index is 659. The molecular formula is C14H8ClF3O2. The van der Waals surface area contributed by atoms with Gasteiger partial charge in [-0.15, -0.1) is 0 Å². The molecule has 0 N–H and O–H groups in total.